The molecule has 0 fully saturated rings. The number of pyridine rings is 1. The lowest BCUT2D eigenvalue weighted by Crippen LogP contribution is -2.36. The predicted octanol–water partition coefficient (Wildman–Crippen LogP) is 3.59. The van der Waals surface area contributed by atoms with Crippen LogP contribution in [-0.4, -0.2) is 30.8 Å². The van der Waals surface area contributed by atoms with Crippen LogP contribution in [0.5, 0.6) is 0 Å². The first kappa shape index (κ1) is 17.8. The first-order valence-corrected chi connectivity index (χ1v) is 7.28. The van der Waals surface area contributed by atoms with Crippen LogP contribution >= 0.6 is 0 Å². The molecule has 0 aliphatic heterocycles. The smallest absolute Gasteiger partial charge is 0.347 e. The second kappa shape index (κ2) is 7.64. The summed E-state index contributed by atoms with van der Waals surface area (Å²) in [5, 5.41) is 3.18. The van der Waals surface area contributed by atoms with Gasteiger partial charge >= 0.3 is 6.18 Å². The van der Waals surface area contributed by atoms with Gasteiger partial charge in [0.15, 0.2) is 0 Å². The van der Waals surface area contributed by atoms with Crippen LogP contribution < -0.4 is 10.2 Å². The number of hydrogen-bond donors (Lipinski definition) is 1. The molecule has 1 aromatic rings. The summed E-state index contributed by atoms with van der Waals surface area (Å²) in [6, 6.07) is 1.91. The lowest BCUT2D eigenvalue weighted by atomic mass is 10.1. The van der Waals surface area contributed by atoms with Gasteiger partial charge in [-0.05, 0) is 38.4 Å². The van der Waals surface area contributed by atoms with Gasteiger partial charge in [0.05, 0.1) is 0 Å². The zero-order chi connectivity index (χ0) is 16.0. The molecular weight excluding hydrogens is 279 g/mol. The number of halogens is 3. The first-order valence-electron chi connectivity index (χ1n) is 7.28. The summed E-state index contributed by atoms with van der Waals surface area (Å²) in [6.07, 6.45) is -3.59. The molecule has 0 amide bonds. The molecule has 0 aromatic carbocycles. The van der Waals surface area contributed by atoms with Crippen LogP contribution in [0.4, 0.5) is 19.0 Å². The number of rotatable bonds is 7. The van der Waals surface area contributed by atoms with Crippen LogP contribution in [0.1, 0.15) is 37.1 Å². The van der Waals surface area contributed by atoms with E-state index in [2.05, 4.69) is 10.3 Å². The van der Waals surface area contributed by atoms with E-state index in [1.54, 1.807) is 0 Å². The molecule has 1 heterocycles. The van der Waals surface area contributed by atoms with Crippen LogP contribution in [0.2, 0.25) is 0 Å². The summed E-state index contributed by atoms with van der Waals surface area (Å²) in [5.41, 5.74) is 2.56. The van der Waals surface area contributed by atoms with Crippen molar-refractivity contribution in [3.8, 4) is 0 Å². The van der Waals surface area contributed by atoms with Crippen molar-refractivity contribution < 1.29 is 13.2 Å². The van der Waals surface area contributed by atoms with E-state index in [-0.39, 0.29) is 0 Å². The zero-order valence-corrected chi connectivity index (χ0v) is 13.1. The Kier molecular flexibility index (Phi) is 6.45. The van der Waals surface area contributed by atoms with E-state index in [4.69, 9.17) is 0 Å². The molecule has 1 aromatic heterocycles. The minimum atomic E-state index is -4.23. The number of hydrogen-bond acceptors (Lipinski definition) is 3. The molecule has 0 bridgehead atoms. The molecule has 120 valence electrons. The number of nitrogens with zero attached hydrogens (tertiary/aromatic N) is 2. The molecular formula is C15H24F3N3. The molecule has 0 saturated carbocycles. The zero-order valence-electron chi connectivity index (χ0n) is 13.1. The van der Waals surface area contributed by atoms with Gasteiger partial charge in [0.25, 0.3) is 0 Å². The van der Waals surface area contributed by atoms with Crippen molar-refractivity contribution in [2.75, 3.05) is 24.5 Å². The Morgan fingerprint density at radius 3 is 2.43 bits per heavy atom. The molecule has 1 rings (SSSR count). The van der Waals surface area contributed by atoms with Crippen molar-refractivity contribution >= 4 is 5.82 Å². The van der Waals surface area contributed by atoms with Crippen LogP contribution in [0.15, 0.2) is 6.07 Å². The molecule has 0 unspecified atom stereocenters. The van der Waals surface area contributed by atoms with Gasteiger partial charge in [0.1, 0.15) is 12.4 Å². The highest BCUT2D eigenvalue weighted by Crippen LogP contribution is 2.26. The first-order chi connectivity index (χ1) is 9.78. The van der Waals surface area contributed by atoms with E-state index in [9.17, 15) is 13.2 Å². The molecule has 0 radical (unpaired) electrons. The maximum Gasteiger partial charge on any atom is 0.405 e. The van der Waals surface area contributed by atoms with Crippen molar-refractivity contribution in [2.24, 2.45) is 0 Å². The number of aromatic nitrogens is 1. The molecule has 0 aliphatic carbocycles. The fourth-order valence-electron chi connectivity index (χ4n) is 2.32. The maximum absolute atomic E-state index is 12.8. The summed E-state index contributed by atoms with van der Waals surface area (Å²) in [6.45, 7) is 8.24. The van der Waals surface area contributed by atoms with Gasteiger partial charge in [-0.1, -0.05) is 13.8 Å². The summed E-state index contributed by atoms with van der Waals surface area (Å²) in [7, 11) is 0. The standard InChI is InChI=1S/C15H24F3N3/c1-5-7-21(10-15(16,17)18)14-13(9-19-6-2)11(3)8-12(4)20-14/h8,19H,5-7,9-10H2,1-4H3. The SMILES string of the molecule is CCCN(CC(F)(F)F)c1nc(C)cc(C)c1CNCC. The fourth-order valence-corrected chi connectivity index (χ4v) is 2.32. The summed E-state index contributed by atoms with van der Waals surface area (Å²) < 4.78 is 38.4. The topological polar surface area (TPSA) is 28.2 Å². The lowest BCUT2D eigenvalue weighted by Gasteiger charge is -2.28. The molecule has 3 nitrogen and oxygen atoms in total. The van der Waals surface area contributed by atoms with E-state index in [0.29, 0.717) is 25.3 Å². The summed E-state index contributed by atoms with van der Waals surface area (Å²) in [5.74, 6) is 0.452. The highest BCUT2D eigenvalue weighted by molar-refractivity contribution is 5.51. The van der Waals surface area contributed by atoms with Crippen molar-refractivity contribution in [3.63, 3.8) is 0 Å². The Morgan fingerprint density at radius 1 is 1.24 bits per heavy atom. The van der Waals surface area contributed by atoms with Gasteiger partial charge in [-0.2, -0.15) is 13.2 Å². The molecule has 1 N–H and O–H groups in total. The van der Waals surface area contributed by atoms with Gasteiger partial charge < -0.3 is 10.2 Å². The van der Waals surface area contributed by atoms with Crippen molar-refractivity contribution in [2.45, 2.75) is 46.8 Å². The Labute approximate surface area is 124 Å². The molecule has 0 aliphatic rings. The van der Waals surface area contributed by atoms with Gasteiger partial charge in [-0.25, -0.2) is 4.98 Å². The monoisotopic (exact) mass is 303 g/mol. The normalized spacial score (nSPS) is 11.8. The second-order valence-electron chi connectivity index (χ2n) is 5.20. The maximum atomic E-state index is 12.8. The second-order valence-corrected chi connectivity index (χ2v) is 5.20. The summed E-state index contributed by atoms with van der Waals surface area (Å²) in [4.78, 5) is 5.72. The lowest BCUT2D eigenvalue weighted by molar-refractivity contribution is -0.119. The molecule has 0 spiro atoms. The summed E-state index contributed by atoms with van der Waals surface area (Å²) >= 11 is 0. The molecule has 0 saturated heterocycles. The fraction of sp³-hybridized carbons (Fsp3) is 0.667. The Morgan fingerprint density at radius 2 is 1.90 bits per heavy atom. The average molecular weight is 303 g/mol. The number of anilines is 1. The van der Waals surface area contributed by atoms with Crippen LogP contribution in [-0.2, 0) is 6.54 Å². The number of nitrogens with one attached hydrogen (secondary N) is 1. The Bertz CT molecular complexity index is 458. The minimum absolute atomic E-state index is 0.342. The minimum Gasteiger partial charge on any atom is -0.347 e. The third-order valence-electron chi connectivity index (χ3n) is 3.17. The average Bonchev–Trinajstić information content (AvgIpc) is 2.35. The third-order valence-corrected chi connectivity index (χ3v) is 3.17. The van der Waals surface area contributed by atoms with E-state index >= 15 is 0 Å². The largest absolute Gasteiger partial charge is 0.405 e. The molecule has 6 heteroatoms. The predicted molar refractivity (Wildman–Crippen MR) is 79.7 cm³/mol. The van der Waals surface area contributed by atoms with Gasteiger partial charge in [-0.3, -0.25) is 0 Å². The number of aryl methyl sites for hydroxylation is 2. The van der Waals surface area contributed by atoms with Gasteiger partial charge in [0.2, 0.25) is 0 Å². The van der Waals surface area contributed by atoms with Crippen LogP contribution in [0, 0.1) is 13.8 Å². The van der Waals surface area contributed by atoms with Crippen LogP contribution in [0.3, 0.4) is 0 Å². The quantitative estimate of drug-likeness (QED) is 0.834. The van der Waals surface area contributed by atoms with Gasteiger partial charge in [-0.15, -0.1) is 0 Å². The van der Waals surface area contributed by atoms with Crippen LogP contribution in [0.25, 0.3) is 0 Å². The molecule has 0 atom stereocenters. The van der Waals surface area contributed by atoms with Crippen molar-refractivity contribution in [1.29, 1.82) is 0 Å². The van der Waals surface area contributed by atoms with Crippen molar-refractivity contribution in [3.05, 3.63) is 22.9 Å². The van der Waals surface area contributed by atoms with E-state index in [1.807, 2.05) is 33.8 Å². The van der Waals surface area contributed by atoms with E-state index < -0.39 is 12.7 Å². The highest BCUT2D eigenvalue weighted by Gasteiger charge is 2.32. The third kappa shape index (κ3) is 5.53. The van der Waals surface area contributed by atoms with Crippen molar-refractivity contribution in [1.82, 2.24) is 10.3 Å². The van der Waals surface area contributed by atoms with E-state index in [0.717, 1.165) is 23.4 Å². The Hall–Kier alpha value is -1.30. The highest BCUT2D eigenvalue weighted by atomic mass is 19.4. The Balaban J connectivity index is 3.20. The van der Waals surface area contributed by atoms with Gasteiger partial charge in [0, 0.05) is 24.3 Å². The molecule has 21 heavy (non-hydrogen) atoms. The number of alkyl halides is 3. The van der Waals surface area contributed by atoms with E-state index in [1.165, 1.54) is 4.90 Å².